The van der Waals surface area contributed by atoms with Crippen LogP contribution in [0.5, 0.6) is 0 Å². The summed E-state index contributed by atoms with van der Waals surface area (Å²) >= 11 is 1.66. The number of nitrogens with one attached hydrogen (secondary N) is 1. The molecule has 1 unspecified atom stereocenters. The second-order valence-corrected chi connectivity index (χ2v) is 5.39. The number of nitro benzene ring substituents is 1. The van der Waals surface area contributed by atoms with E-state index in [0.29, 0.717) is 11.3 Å². The molecule has 2 aromatic rings. The highest BCUT2D eigenvalue weighted by Crippen LogP contribution is 2.28. The van der Waals surface area contributed by atoms with E-state index in [-0.39, 0.29) is 16.7 Å². The van der Waals surface area contributed by atoms with Crippen molar-refractivity contribution in [2.75, 3.05) is 5.32 Å². The van der Waals surface area contributed by atoms with Crippen molar-refractivity contribution in [1.82, 2.24) is 0 Å². The summed E-state index contributed by atoms with van der Waals surface area (Å²) in [5, 5.41) is 18.5. The summed E-state index contributed by atoms with van der Waals surface area (Å²) in [6.45, 7) is 3.79. The molecule has 4 nitrogen and oxygen atoms in total. The average molecular weight is 276 g/mol. The highest BCUT2D eigenvalue weighted by Gasteiger charge is 2.18. The smallest absolute Gasteiger partial charge is 0.295 e. The normalized spacial score (nSPS) is 12.1. The van der Waals surface area contributed by atoms with Crippen LogP contribution in [0.1, 0.15) is 18.1 Å². The number of nitrogens with zero attached hydrogens (tertiary/aromatic N) is 1. The van der Waals surface area contributed by atoms with Gasteiger partial charge in [-0.2, -0.15) is 11.3 Å². The molecule has 1 aromatic heterocycles. The Labute approximate surface area is 116 Å². The van der Waals surface area contributed by atoms with Gasteiger partial charge in [-0.15, -0.1) is 0 Å². The maximum Gasteiger partial charge on any atom is 0.295 e. The Kier molecular flexibility index (Phi) is 4.16. The standard InChI is InChI=1S/C14H16N2O2S/c1-10-4-3-5-13(14(10)16(17)18)15-11(2)8-12-6-7-19-9-12/h3-7,9,11,15H,8H2,1-2H3. The van der Waals surface area contributed by atoms with Gasteiger partial charge in [-0.3, -0.25) is 10.1 Å². The number of hydrogen-bond donors (Lipinski definition) is 1. The van der Waals surface area contributed by atoms with Gasteiger partial charge in [-0.05, 0) is 48.7 Å². The molecule has 0 fully saturated rings. The molecule has 0 radical (unpaired) electrons. The van der Waals surface area contributed by atoms with Crippen molar-refractivity contribution in [1.29, 1.82) is 0 Å². The average Bonchev–Trinajstić information content (AvgIpc) is 2.81. The first-order valence-electron chi connectivity index (χ1n) is 6.09. The van der Waals surface area contributed by atoms with Crippen LogP contribution in [0.2, 0.25) is 0 Å². The lowest BCUT2D eigenvalue weighted by atomic mass is 10.1. The van der Waals surface area contributed by atoms with Gasteiger partial charge in [0, 0.05) is 11.6 Å². The molecule has 1 aromatic carbocycles. The van der Waals surface area contributed by atoms with Gasteiger partial charge in [0.15, 0.2) is 0 Å². The Morgan fingerprint density at radius 2 is 2.21 bits per heavy atom. The largest absolute Gasteiger partial charge is 0.377 e. The number of nitro groups is 1. The van der Waals surface area contributed by atoms with Gasteiger partial charge in [0.05, 0.1) is 4.92 Å². The summed E-state index contributed by atoms with van der Waals surface area (Å²) in [7, 11) is 0. The zero-order chi connectivity index (χ0) is 13.8. The minimum Gasteiger partial charge on any atom is -0.377 e. The van der Waals surface area contributed by atoms with Crippen LogP contribution >= 0.6 is 11.3 Å². The van der Waals surface area contributed by atoms with Crippen molar-refractivity contribution in [3.8, 4) is 0 Å². The molecule has 0 saturated heterocycles. The molecule has 1 heterocycles. The van der Waals surface area contributed by atoms with Crippen molar-refractivity contribution in [2.24, 2.45) is 0 Å². The first-order chi connectivity index (χ1) is 9.08. The fraction of sp³-hybridized carbons (Fsp3) is 0.286. The first kappa shape index (κ1) is 13.5. The molecule has 19 heavy (non-hydrogen) atoms. The van der Waals surface area contributed by atoms with Crippen molar-refractivity contribution in [2.45, 2.75) is 26.3 Å². The summed E-state index contributed by atoms with van der Waals surface area (Å²) in [4.78, 5) is 10.8. The maximum atomic E-state index is 11.1. The Morgan fingerprint density at radius 3 is 2.84 bits per heavy atom. The molecule has 0 saturated carbocycles. The molecule has 1 atom stereocenters. The van der Waals surface area contributed by atoms with E-state index in [1.54, 1.807) is 30.4 Å². The Balaban J connectivity index is 2.14. The van der Waals surface area contributed by atoms with Crippen LogP contribution in [0.25, 0.3) is 0 Å². The van der Waals surface area contributed by atoms with E-state index >= 15 is 0 Å². The van der Waals surface area contributed by atoms with Crippen molar-refractivity contribution in [3.63, 3.8) is 0 Å². The lowest BCUT2D eigenvalue weighted by molar-refractivity contribution is -0.384. The Bertz CT molecular complexity index is 567. The second kappa shape index (κ2) is 5.84. The van der Waals surface area contributed by atoms with Gasteiger partial charge in [0.1, 0.15) is 5.69 Å². The zero-order valence-electron chi connectivity index (χ0n) is 10.9. The SMILES string of the molecule is Cc1cccc(NC(C)Cc2ccsc2)c1[N+](=O)[O-]. The summed E-state index contributed by atoms with van der Waals surface area (Å²) in [6.07, 6.45) is 0.856. The van der Waals surface area contributed by atoms with Gasteiger partial charge >= 0.3 is 0 Å². The molecule has 0 aliphatic rings. The molecular formula is C14H16N2O2S. The summed E-state index contributed by atoms with van der Waals surface area (Å²) in [5.41, 5.74) is 2.69. The van der Waals surface area contributed by atoms with E-state index in [0.717, 1.165) is 6.42 Å². The molecule has 5 heteroatoms. The van der Waals surface area contributed by atoms with Crippen LogP contribution in [0.4, 0.5) is 11.4 Å². The number of rotatable bonds is 5. The Morgan fingerprint density at radius 1 is 1.42 bits per heavy atom. The topological polar surface area (TPSA) is 55.2 Å². The minimum atomic E-state index is -0.324. The molecule has 100 valence electrons. The predicted molar refractivity (Wildman–Crippen MR) is 78.9 cm³/mol. The molecule has 0 aliphatic carbocycles. The lowest BCUT2D eigenvalue weighted by Crippen LogP contribution is -2.18. The third-order valence-corrected chi connectivity index (χ3v) is 3.68. The molecule has 0 amide bonds. The van der Waals surface area contributed by atoms with Gasteiger partial charge in [-0.25, -0.2) is 0 Å². The van der Waals surface area contributed by atoms with Crippen LogP contribution in [0.3, 0.4) is 0 Å². The molecule has 1 N–H and O–H groups in total. The number of hydrogen-bond acceptors (Lipinski definition) is 4. The van der Waals surface area contributed by atoms with E-state index in [1.165, 1.54) is 5.56 Å². The maximum absolute atomic E-state index is 11.1. The van der Waals surface area contributed by atoms with E-state index in [2.05, 4.69) is 16.8 Å². The van der Waals surface area contributed by atoms with E-state index in [9.17, 15) is 10.1 Å². The van der Waals surface area contributed by atoms with Crippen LogP contribution in [0.15, 0.2) is 35.0 Å². The van der Waals surface area contributed by atoms with Crippen LogP contribution in [-0.2, 0) is 6.42 Å². The lowest BCUT2D eigenvalue weighted by Gasteiger charge is -2.15. The van der Waals surface area contributed by atoms with Crippen LogP contribution < -0.4 is 5.32 Å². The number of benzene rings is 1. The summed E-state index contributed by atoms with van der Waals surface area (Å²) in [6, 6.07) is 7.58. The van der Waals surface area contributed by atoms with Crippen molar-refractivity contribution in [3.05, 3.63) is 56.3 Å². The third-order valence-electron chi connectivity index (χ3n) is 2.94. The number of aryl methyl sites for hydroxylation is 1. The fourth-order valence-electron chi connectivity index (χ4n) is 2.10. The number of para-hydroxylation sites is 1. The summed E-state index contributed by atoms with van der Waals surface area (Å²) < 4.78 is 0. The third kappa shape index (κ3) is 3.32. The number of thiophene rings is 1. The number of anilines is 1. The molecule has 0 aliphatic heterocycles. The predicted octanol–water partition coefficient (Wildman–Crippen LogP) is 4.01. The van der Waals surface area contributed by atoms with Crippen LogP contribution in [0, 0.1) is 17.0 Å². The minimum absolute atomic E-state index is 0.148. The highest BCUT2D eigenvalue weighted by molar-refractivity contribution is 7.07. The highest BCUT2D eigenvalue weighted by atomic mass is 32.1. The van der Waals surface area contributed by atoms with E-state index in [4.69, 9.17) is 0 Å². The van der Waals surface area contributed by atoms with Gasteiger partial charge in [-0.1, -0.05) is 12.1 Å². The van der Waals surface area contributed by atoms with Crippen molar-refractivity contribution < 1.29 is 4.92 Å². The molecule has 0 bridgehead atoms. The zero-order valence-corrected chi connectivity index (χ0v) is 11.7. The second-order valence-electron chi connectivity index (χ2n) is 4.61. The quantitative estimate of drug-likeness (QED) is 0.663. The van der Waals surface area contributed by atoms with Crippen molar-refractivity contribution >= 4 is 22.7 Å². The first-order valence-corrected chi connectivity index (χ1v) is 7.04. The molecular weight excluding hydrogens is 260 g/mol. The monoisotopic (exact) mass is 276 g/mol. The molecule has 0 spiro atoms. The summed E-state index contributed by atoms with van der Waals surface area (Å²) in [5.74, 6) is 0. The van der Waals surface area contributed by atoms with Gasteiger partial charge < -0.3 is 5.32 Å². The fourth-order valence-corrected chi connectivity index (χ4v) is 2.78. The van der Waals surface area contributed by atoms with Crippen LogP contribution in [-0.4, -0.2) is 11.0 Å². The van der Waals surface area contributed by atoms with E-state index in [1.807, 2.05) is 18.4 Å². The van der Waals surface area contributed by atoms with E-state index < -0.39 is 0 Å². The molecule has 2 rings (SSSR count). The van der Waals surface area contributed by atoms with Gasteiger partial charge in [0.2, 0.25) is 0 Å². The Hall–Kier alpha value is -1.88. The van der Waals surface area contributed by atoms with Gasteiger partial charge in [0.25, 0.3) is 5.69 Å².